The largest absolute Gasteiger partial charge is 0.338 e. The minimum Gasteiger partial charge on any atom is -0.338 e. The fourth-order valence-electron chi connectivity index (χ4n) is 3.20. The molecule has 0 N–H and O–H groups in total. The Kier molecular flexibility index (Phi) is 4.71. The second-order valence-electron chi connectivity index (χ2n) is 6.63. The van der Waals surface area contributed by atoms with Crippen molar-refractivity contribution < 1.29 is 4.79 Å². The molecule has 0 aromatic carbocycles. The summed E-state index contributed by atoms with van der Waals surface area (Å²) >= 11 is 0. The van der Waals surface area contributed by atoms with Crippen LogP contribution in [-0.4, -0.2) is 61.4 Å². The third-order valence-corrected chi connectivity index (χ3v) is 4.69. The van der Waals surface area contributed by atoms with Gasteiger partial charge in [-0.05, 0) is 26.8 Å². The molecule has 1 atom stereocenters. The van der Waals surface area contributed by atoms with E-state index in [1.54, 1.807) is 4.68 Å². The highest BCUT2D eigenvalue weighted by atomic mass is 16.2. The maximum Gasteiger partial charge on any atom is 0.247 e. The number of piperazine rings is 1. The minimum atomic E-state index is -0.245. The molecular formula is C17H26N6O. The van der Waals surface area contributed by atoms with Crippen LogP contribution in [0.3, 0.4) is 0 Å². The Morgan fingerprint density at radius 2 is 1.92 bits per heavy atom. The Balaban J connectivity index is 1.54. The molecule has 0 aliphatic carbocycles. The number of rotatable bonds is 4. The smallest absolute Gasteiger partial charge is 0.247 e. The second-order valence-corrected chi connectivity index (χ2v) is 6.63. The number of hydrogen-bond acceptors (Lipinski definition) is 4. The van der Waals surface area contributed by atoms with Crippen molar-refractivity contribution in [3.63, 3.8) is 0 Å². The van der Waals surface area contributed by atoms with Crippen molar-refractivity contribution in [1.82, 2.24) is 29.4 Å². The molecule has 2 aromatic heterocycles. The second kappa shape index (κ2) is 6.76. The molecular weight excluding hydrogens is 304 g/mol. The lowest BCUT2D eigenvalue weighted by Gasteiger charge is -2.35. The predicted molar refractivity (Wildman–Crippen MR) is 91.5 cm³/mol. The molecule has 3 rings (SSSR count). The molecule has 1 fully saturated rings. The quantitative estimate of drug-likeness (QED) is 0.843. The van der Waals surface area contributed by atoms with Gasteiger partial charge in [0.25, 0.3) is 0 Å². The highest BCUT2D eigenvalue weighted by molar-refractivity contribution is 5.80. The zero-order chi connectivity index (χ0) is 17.3. The highest BCUT2D eigenvalue weighted by Gasteiger charge is 2.26. The molecule has 7 heteroatoms. The van der Waals surface area contributed by atoms with E-state index in [9.17, 15) is 4.79 Å². The molecule has 24 heavy (non-hydrogen) atoms. The maximum absolute atomic E-state index is 12.7. The summed E-state index contributed by atoms with van der Waals surface area (Å²) in [5, 5.41) is 8.75. The number of hydrogen-bond donors (Lipinski definition) is 0. The number of carbonyl (C=O) groups excluding carboxylic acids is 1. The third kappa shape index (κ3) is 3.51. The normalized spacial score (nSPS) is 17.2. The molecule has 1 saturated heterocycles. The van der Waals surface area contributed by atoms with Gasteiger partial charge >= 0.3 is 0 Å². The molecule has 0 spiro atoms. The average Bonchev–Trinajstić information content (AvgIpc) is 3.12. The van der Waals surface area contributed by atoms with Gasteiger partial charge in [0, 0.05) is 57.7 Å². The molecule has 0 radical (unpaired) electrons. The molecule has 2 aromatic rings. The third-order valence-electron chi connectivity index (χ3n) is 4.69. The standard InChI is InChI=1S/C17H26N6O/c1-13-5-6-23(18-13)15(3)17(24)22-9-7-21(8-10-22)12-16-11-20(4)19-14(16)2/h5-6,11,15H,7-10,12H2,1-4H3. The van der Waals surface area contributed by atoms with Crippen LogP contribution < -0.4 is 0 Å². The van der Waals surface area contributed by atoms with Crippen molar-refractivity contribution >= 4 is 5.91 Å². The van der Waals surface area contributed by atoms with Gasteiger partial charge < -0.3 is 4.90 Å². The summed E-state index contributed by atoms with van der Waals surface area (Å²) < 4.78 is 3.61. The Morgan fingerprint density at radius 1 is 1.21 bits per heavy atom. The average molecular weight is 330 g/mol. The first-order chi connectivity index (χ1) is 11.4. The Morgan fingerprint density at radius 3 is 2.46 bits per heavy atom. The van der Waals surface area contributed by atoms with Gasteiger partial charge in [0.1, 0.15) is 6.04 Å². The van der Waals surface area contributed by atoms with E-state index in [0.29, 0.717) is 0 Å². The summed E-state index contributed by atoms with van der Waals surface area (Å²) in [4.78, 5) is 17.0. The molecule has 1 unspecified atom stereocenters. The fourth-order valence-corrected chi connectivity index (χ4v) is 3.20. The lowest BCUT2D eigenvalue weighted by molar-refractivity contribution is -0.136. The monoisotopic (exact) mass is 330 g/mol. The van der Waals surface area contributed by atoms with Crippen LogP contribution >= 0.6 is 0 Å². The van der Waals surface area contributed by atoms with Gasteiger partial charge in [-0.1, -0.05) is 0 Å². The van der Waals surface area contributed by atoms with E-state index < -0.39 is 0 Å². The Labute approximate surface area is 142 Å². The zero-order valence-electron chi connectivity index (χ0n) is 14.9. The Bertz CT molecular complexity index is 710. The summed E-state index contributed by atoms with van der Waals surface area (Å²) in [6.45, 7) is 10.1. The van der Waals surface area contributed by atoms with Crippen molar-refractivity contribution in [1.29, 1.82) is 0 Å². The SMILES string of the molecule is Cc1ccn(C(C)C(=O)N2CCN(Cc3cn(C)nc3C)CC2)n1. The van der Waals surface area contributed by atoms with Crippen LogP contribution in [0.1, 0.15) is 29.9 Å². The van der Waals surface area contributed by atoms with E-state index in [1.807, 2.05) is 49.7 Å². The number of aryl methyl sites for hydroxylation is 3. The summed E-state index contributed by atoms with van der Waals surface area (Å²) in [6.07, 6.45) is 3.95. The minimum absolute atomic E-state index is 0.148. The van der Waals surface area contributed by atoms with Crippen LogP contribution in [0.15, 0.2) is 18.5 Å². The molecule has 1 amide bonds. The van der Waals surface area contributed by atoms with E-state index in [4.69, 9.17) is 0 Å². The van der Waals surface area contributed by atoms with Crippen molar-refractivity contribution in [2.24, 2.45) is 7.05 Å². The highest BCUT2D eigenvalue weighted by Crippen LogP contribution is 2.15. The Hall–Kier alpha value is -2.15. The van der Waals surface area contributed by atoms with Crippen LogP contribution in [0.4, 0.5) is 0 Å². The zero-order valence-corrected chi connectivity index (χ0v) is 14.9. The lowest BCUT2D eigenvalue weighted by Crippen LogP contribution is -2.50. The number of nitrogens with zero attached hydrogens (tertiary/aromatic N) is 6. The summed E-state index contributed by atoms with van der Waals surface area (Å²) in [5.74, 6) is 0.148. The van der Waals surface area contributed by atoms with Crippen molar-refractivity contribution in [3.8, 4) is 0 Å². The number of amides is 1. The van der Waals surface area contributed by atoms with E-state index >= 15 is 0 Å². The van der Waals surface area contributed by atoms with Gasteiger partial charge in [0.05, 0.1) is 11.4 Å². The lowest BCUT2D eigenvalue weighted by atomic mass is 10.2. The van der Waals surface area contributed by atoms with Gasteiger partial charge in [-0.25, -0.2) is 0 Å². The van der Waals surface area contributed by atoms with Crippen molar-refractivity contribution in [3.05, 3.63) is 35.4 Å². The van der Waals surface area contributed by atoms with Gasteiger partial charge in [-0.3, -0.25) is 19.1 Å². The van der Waals surface area contributed by atoms with Crippen molar-refractivity contribution in [2.45, 2.75) is 33.4 Å². The molecule has 7 nitrogen and oxygen atoms in total. The first-order valence-electron chi connectivity index (χ1n) is 8.46. The van der Waals surface area contributed by atoms with E-state index in [2.05, 4.69) is 21.3 Å². The van der Waals surface area contributed by atoms with E-state index in [1.165, 1.54) is 5.56 Å². The number of carbonyl (C=O) groups is 1. The van der Waals surface area contributed by atoms with Gasteiger partial charge in [0.2, 0.25) is 5.91 Å². The fraction of sp³-hybridized carbons (Fsp3) is 0.588. The number of aromatic nitrogens is 4. The molecule has 130 valence electrons. The summed E-state index contributed by atoms with van der Waals surface area (Å²) in [6, 6.07) is 1.68. The first-order valence-corrected chi connectivity index (χ1v) is 8.46. The maximum atomic E-state index is 12.7. The topological polar surface area (TPSA) is 59.2 Å². The molecule has 1 aliphatic heterocycles. The van der Waals surface area contributed by atoms with Crippen molar-refractivity contribution in [2.75, 3.05) is 26.2 Å². The predicted octanol–water partition coefficient (Wildman–Crippen LogP) is 1.14. The molecule has 1 aliphatic rings. The molecule has 0 bridgehead atoms. The van der Waals surface area contributed by atoms with Crippen LogP contribution in [0.5, 0.6) is 0 Å². The van der Waals surface area contributed by atoms with E-state index in [0.717, 1.165) is 44.1 Å². The van der Waals surface area contributed by atoms with Gasteiger partial charge in [-0.2, -0.15) is 10.2 Å². The van der Waals surface area contributed by atoms with E-state index in [-0.39, 0.29) is 11.9 Å². The van der Waals surface area contributed by atoms with Crippen LogP contribution in [0, 0.1) is 13.8 Å². The molecule has 0 saturated carbocycles. The first kappa shape index (κ1) is 16.7. The van der Waals surface area contributed by atoms with Crippen LogP contribution in [0.25, 0.3) is 0 Å². The van der Waals surface area contributed by atoms with Gasteiger partial charge in [-0.15, -0.1) is 0 Å². The van der Waals surface area contributed by atoms with Crippen LogP contribution in [0.2, 0.25) is 0 Å². The molecule has 3 heterocycles. The van der Waals surface area contributed by atoms with Crippen LogP contribution in [-0.2, 0) is 18.4 Å². The van der Waals surface area contributed by atoms with Gasteiger partial charge in [0.15, 0.2) is 0 Å². The summed E-state index contributed by atoms with van der Waals surface area (Å²) in [5.41, 5.74) is 3.28. The summed E-state index contributed by atoms with van der Waals surface area (Å²) in [7, 11) is 1.95.